The Morgan fingerprint density at radius 2 is 1.69 bits per heavy atom. The average molecular weight is 384 g/mol. The second kappa shape index (κ2) is 6.24. The fourth-order valence-electron chi connectivity index (χ4n) is 4.56. The summed E-state index contributed by atoms with van der Waals surface area (Å²) < 4.78 is 1.83. The number of hydrogen-bond acceptors (Lipinski definition) is 4. The van der Waals surface area contributed by atoms with Gasteiger partial charge in [0.15, 0.2) is 5.65 Å². The molecule has 5 nitrogen and oxygen atoms in total. The van der Waals surface area contributed by atoms with Gasteiger partial charge in [-0.1, -0.05) is 54.6 Å². The van der Waals surface area contributed by atoms with E-state index < -0.39 is 11.1 Å². The topological polar surface area (TPSA) is 76.4 Å². The lowest BCUT2D eigenvalue weighted by atomic mass is 9.63. The SMILES string of the molecule is Cc1cc2nc(-c3ccc(C4(N)CC(C)(O)C4)cc3)c(-c3ccccc3)cn2n1. The molecule has 0 atom stereocenters. The van der Waals surface area contributed by atoms with Crippen LogP contribution in [0.15, 0.2) is 66.9 Å². The number of fused-ring (bicyclic) bond motifs is 1. The van der Waals surface area contributed by atoms with E-state index in [4.69, 9.17) is 10.7 Å². The molecule has 0 aliphatic heterocycles. The zero-order valence-electron chi connectivity index (χ0n) is 16.6. The molecule has 1 fully saturated rings. The van der Waals surface area contributed by atoms with Crippen molar-refractivity contribution >= 4 is 5.65 Å². The molecule has 0 saturated heterocycles. The van der Waals surface area contributed by atoms with Crippen molar-refractivity contribution in [2.45, 2.75) is 37.8 Å². The Labute approximate surface area is 169 Å². The maximum absolute atomic E-state index is 10.1. The smallest absolute Gasteiger partial charge is 0.155 e. The van der Waals surface area contributed by atoms with Crippen molar-refractivity contribution in [2.24, 2.45) is 5.73 Å². The fraction of sp³-hybridized carbons (Fsp3) is 0.250. The highest BCUT2D eigenvalue weighted by atomic mass is 16.3. The van der Waals surface area contributed by atoms with Crippen molar-refractivity contribution < 1.29 is 5.11 Å². The van der Waals surface area contributed by atoms with Gasteiger partial charge in [0.05, 0.1) is 17.0 Å². The zero-order chi connectivity index (χ0) is 20.2. The first-order chi connectivity index (χ1) is 13.8. The normalized spacial score (nSPS) is 23.9. The molecule has 2 heterocycles. The van der Waals surface area contributed by atoms with Crippen LogP contribution in [0.25, 0.3) is 28.0 Å². The van der Waals surface area contributed by atoms with Gasteiger partial charge in [-0.25, -0.2) is 9.50 Å². The van der Waals surface area contributed by atoms with E-state index in [0.29, 0.717) is 12.8 Å². The Hall–Kier alpha value is -3.02. The third kappa shape index (κ3) is 3.12. The van der Waals surface area contributed by atoms with Gasteiger partial charge in [-0.3, -0.25) is 0 Å². The van der Waals surface area contributed by atoms with Crippen LogP contribution in [0.1, 0.15) is 31.0 Å². The van der Waals surface area contributed by atoms with Gasteiger partial charge in [0.1, 0.15) is 0 Å². The second-order valence-corrected chi connectivity index (χ2v) is 8.54. The molecule has 0 radical (unpaired) electrons. The lowest BCUT2D eigenvalue weighted by molar-refractivity contribution is -0.0738. The number of aromatic nitrogens is 3. The van der Waals surface area contributed by atoms with E-state index in [-0.39, 0.29) is 0 Å². The van der Waals surface area contributed by atoms with Crippen molar-refractivity contribution in [3.8, 4) is 22.4 Å². The molecule has 0 spiro atoms. The highest BCUT2D eigenvalue weighted by Gasteiger charge is 2.49. The summed E-state index contributed by atoms with van der Waals surface area (Å²) in [4.78, 5) is 4.92. The molecule has 0 unspecified atom stereocenters. The lowest BCUT2D eigenvalue weighted by Gasteiger charge is -2.49. The minimum atomic E-state index is -0.666. The average Bonchev–Trinajstić information content (AvgIpc) is 3.05. The molecule has 0 amide bonds. The standard InChI is InChI=1S/C24H24N4O/c1-16-12-21-26-22(20(13-28(21)27-16)17-6-4-3-5-7-17)18-8-10-19(11-9-18)24(25)14-23(2,29)15-24/h3-13,29H,14-15,25H2,1-2H3. The largest absolute Gasteiger partial charge is 0.390 e. The number of rotatable bonds is 3. The summed E-state index contributed by atoms with van der Waals surface area (Å²) in [6.07, 6.45) is 3.20. The van der Waals surface area contributed by atoms with Gasteiger partial charge in [0.25, 0.3) is 0 Å². The molecule has 29 heavy (non-hydrogen) atoms. The number of nitrogens with zero attached hydrogens (tertiary/aromatic N) is 3. The number of hydrogen-bond donors (Lipinski definition) is 2. The third-order valence-electron chi connectivity index (χ3n) is 5.78. The molecule has 4 aromatic rings. The van der Waals surface area contributed by atoms with Gasteiger partial charge in [-0.2, -0.15) is 5.10 Å². The molecule has 2 aromatic heterocycles. The van der Waals surface area contributed by atoms with Crippen LogP contribution in [0.4, 0.5) is 0 Å². The van der Waals surface area contributed by atoms with E-state index in [2.05, 4.69) is 41.5 Å². The number of aliphatic hydroxyl groups is 1. The van der Waals surface area contributed by atoms with Gasteiger partial charge >= 0.3 is 0 Å². The highest BCUT2D eigenvalue weighted by Crippen LogP contribution is 2.46. The highest BCUT2D eigenvalue weighted by molar-refractivity contribution is 5.81. The molecular formula is C24H24N4O. The second-order valence-electron chi connectivity index (χ2n) is 8.54. The van der Waals surface area contributed by atoms with E-state index in [1.54, 1.807) is 0 Å². The van der Waals surface area contributed by atoms with Crippen LogP contribution < -0.4 is 5.73 Å². The number of benzene rings is 2. The van der Waals surface area contributed by atoms with E-state index in [1.807, 2.05) is 48.8 Å². The summed E-state index contributed by atoms with van der Waals surface area (Å²) in [6.45, 7) is 3.81. The van der Waals surface area contributed by atoms with Crippen molar-refractivity contribution in [1.82, 2.24) is 14.6 Å². The van der Waals surface area contributed by atoms with Crippen molar-refractivity contribution in [3.05, 3.63) is 78.1 Å². The fourth-order valence-corrected chi connectivity index (χ4v) is 4.56. The Bertz CT molecular complexity index is 1190. The maximum atomic E-state index is 10.1. The van der Waals surface area contributed by atoms with Crippen molar-refractivity contribution in [1.29, 1.82) is 0 Å². The molecular weight excluding hydrogens is 360 g/mol. The first kappa shape index (κ1) is 18.0. The van der Waals surface area contributed by atoms with Crippen LogP contribution in [0, 0.1) is 6.92 Å². The van der Waals surface area contributed by atoms with Crippen LogP contribution in [0.3, 0.4) is 0 Å². The Morgan fingerprint density at radius 1 is 1.00 bits per heavy atom. The Balaban J connectivity index is 1.61. The molecule has 2 aromatic carbocycles. The minimum Gasteiger partial charge on any atom is -0.390 e. The van der Waals surface area contributed by atoms with Gasteiger partial charge in [-0.15, -0.1) is 0 Å². The Kier molecular flexibility index (Phi) is 3.88. The van der Waals surface area contributed by atoms with Gasteiger partial charge < -0.3 is 10.8 Å². The first-order valence-corrected chi connectivity index (χ1v) is 9.88. The van der Waals surface area contributed by atoms with Gasteiger partial charge in [-0.05, 0) is 37.8 Å². The summed E-state index contributed by atoms with van der Waals surface area (Å²) in [5, 5.41) is 14.6. The van der Waals surface area contributed by atoms with E-state index in [9.17, 15) is 5.11 Å². The summed E-state index contributed by atoms with van der Waals surface area (Å²) in [6, 6.07) is 20.5. The van der Waals surface area contributed by atoms with Crippen molar-refractivity contribution in [2.75, 3.05) is 0 Å². The predicted molar refractivity (Wildman–Crippen MR) is 114 cm³/mol. The van der Waals surface area contributed by atoms with Crippen LogP contribution >= 0.6 is 0 Å². The van der Waals surface area contributed by atoms with E-state index in [0.717, 1.165) is 39.3 Å². The molecule has 146 valence electrons. The monoisotopic (exact) mass is 384 g/mol. The van der Waals surface area contributed by atoms with Crippen LogP contribution in [-0.4, -0.2) is 25.3 Å². The predicted octanol–water partition coefficient (Wildman–Crippen LogP) is 4.07. The molecule has 0 bridgehead atoms. The zero-order valence-corrected chi connectivity index (χ0v) is 16.6. The van der Waals surface area contributed by atoms with Crippen LogP contribution in [0.2, 0.25) is 0 Å². The molecule has 1 aliphatic carbocycles. The summed E-state index contributed by atoms with van der Waals surface area (Å²) >= 11 is 0. The first-order valence-electron chi connectivity index (χ1n) is 9.88. The van der Waals surface area contributed by atoms with Crippen molar-refractivity contribution in [3.63, 3.8) is 0 Å². The van der Waals surface area contributed by atoms with Gasteiger partial charge in [0.2, 0.25) is 0 Å². The van der Waals surface area contributed by atoms with Crippen LogP contribution in [-0.2, 0) is 5.54 Å². The molecule has 3 N–H and O–H groups in total. The van der Waals surface area contributed by atoms with E-state index >= 15 is 0 Å². The summed E-state index contributed by atoms with van der Waals surface area (Å²) in [5.41, 5.74) is 12.3. The van der Waals surface area contributed by atoms with E-state index in [1.165, 1.54) is 0 Å². The lowest BCUT2D eigenvalue weighted by Crippen LogP contribution is -2.58. The van der Waals surface area contributed by atoms with Crippen LogP contribution in [0.5, 0.6) is 0 Å². The third-order valence-corrected chi connectivity index (χ3v) is 5.78. The molecule has 5 heteroatoms. The molecule has 1 aliphatic rings. The minimum absolute atomic E-state index is 0.454. The number of nitrogens with two attached hydrogens (primary N) is 1. The molecule has 1 saturated carbocycles. The quantitative estimate of drug-likeness (QED) is 0.558. The summed E-state index contributed by atoms with van der Waals surface area (Å²) in [5.74, 6) is 0. The summed E-state index contributed by atoms with van der Waals surface area (Å²) in [7, 11) is 0. The maximum Gasteiger partial charge on any atom is 0.155 e. The van der Waals surface area contributed by atoms with Gasteiger partial charge in [0, 0.05) is 28.9 Å². The number of aryl methyl sites for hydroxylation is 1. The molecule has 5 rings (SSSR count). The Morgan fingerprint density at radius 3 is 2.34 bits per heavy atom.